The lowest BCUT2D eigenvalue weighted by Crippen LogP contribution is -1.86. The third kappa shape index (κ3) is 0.914. The van der Waals surface area contributed by atoms with Crippen molar-refractivity contribution in [1.29, 1.82) is 0 Å². The maximum atomic E-state index is 4.13. The van der Waals surface area contributed by atoms with E-state index in [4.69, 9.17) is 0 Å². The fraction of sp³-hybridized carbons (Fsp3) is 0.667. The van der Waals surface area contributed by atoms with E-state index in [0.29, 0.717) is 4.58 Å². The van der Waals surface area contributed by atoms with E-state index in [9.17, 15) is 0 Å². The Bertz CT molecular complexity index is 63.2. The zero-order chi connectivity index (χ0) is 4.41. The van der Waals surface area contributed by atoms with Crippen molar-refractivity contribution in [1.82, 2.24) is 0 Å². The van der Waals surface area contributed by atoms with Crippen LogP contribution in [0.2, 0.25) is 0 Å². The Balaban J connectivity index is 2.32. The lowest BCUT2D eigenvalue weighted by atomic mass is 10.8. The van der Waals surface area contributed by atoms with Gasteiger partial charge in [-0.1, -0.05) is 11.8 Å². The molecular weight excluding hydrogens is 114 g/mol. The molecule has 0 aromatic rings. The molecule has 0 saturated carbocycles. The van der Waals surface area contributed by atoms with Crippen molar-refractivity contribution in [2.24, 2.45) is 4.99 Å². The summed E-state index contributed by atoms with van der Waals surface area (Å²) in [6.07, 6.45) is 0. The molecule has 0 aromatic carbocycles. The molecule has 1 aliphatic rings. The minimum absolute atomic E-state index is 0.435. The highest BCUT2D eigenvalue weighted by Gasteiger charge is 2.03. The average molecular weight is 119 g/mol. The van der Waals surface area contributed by atoms with E-state index < -0.39 is 0 Å². The molecule has 0 bridgehead atoms. The molecule has 1 nitrogen and oxygen atoms in total. The van der Waals surface area contributed by atoms with Gasteiger partial charge >= 0.3 is 0 Å². The van der Waals surface area contributed by atoms with Crippen LogP contribution in [-0.4, -0.2) is 16.7 Å². The third-order valence-corrected chi connectivity index (χ3v) is 1.82. The second-order valence-electron chi connectivity index (χ2n) is 1.06. The lowest BCUT2D eigenvalue weighted by molar-refractivity contribution is 1.14. The van der Waals surface area contributed by atoms with Gasteiger partial charge in [-0.2, -0.15) is 12.6 Å². The minimum Gasteiger partial charge on any atom is -0.284 e. The summed E-state index contributed by atoms with van der Waals surface area (Å²) < 4.78 is 0.435. The maximum absolute atomic E-state index is 4.13. The number of hydrogen-bond donors (Lipinski definition) is 1. The molecule has 0 radical (unpaired) electrons. The fourth-order valence-electron chi connectivity index (χ4n) is 0.290. The van der Waals surface area contributed by atoms with Crippen LogP contribution >= 0.6 is 24.4 Å². The minimum atomic E-state index is 0.435. The normalized spacial score (nSPS) is 31.8. The van der Waals surface area contributed by atoms with Gasteiger partial charge in [0.05, 0.1) is 16.7 Å². The topological polar surface area (TPSA) is 12.4 Å². The number of hydrogen-bond acceptors (Lipinski definition) is 3. The molecule has 0 spiro atoms. The highest BCUT2D eigenvalue weighted by Crippen LogP contribution is 2.16. The van der Waals surface area contributed by atoms with Crippen molar-refractivity contribution in [3.8, 4) is 0 Å². The average Bonchev–Trinajstić information content (AvgIpc) is 1.86. The van der Waals surface area contributed by atoms with Crippen molar-refractivity contribution in [2.45, 2.75) is 4.58 Å². The van der Waals surface area contributed by atoms with Crippen molar-refractivity contribution in [2.75, 3.05) is 6.54 Å². The van der Waals surface area contributed by atoms with Gasteiger partial charge in [0.25, 0.3) is 0 Å². The smallest absolute Gasteiger partial charge is 0.0723 e. The summed E-state index contributed by atoms with van der Waals surface area (Å²) in [6.45, 7) is 0.883. The van der Waals surface area contributed by atoms with Crippen molar-refractivity contribution >= 4 is 29.9 Å². The van der Waals surface area contributed by atoms with Gasteiger partial charge in [0, 0.05) is 0 Å². The first kappa shape index (κ1) is 4.53. The first-order valence-corrected chi connectivity index (χ1v) is 3.17. The number of rotatable bonds is 0. The molecule has 0 aliphatic carbocycles. The largest absolute Gasteiger partial charge is 0.284 e. The number of thiol groups is 1. The summed E-state index contributed by atoms with van der Waals surface area (Å²) in [5.74, 6) is 0. The molecule has 1 aliphatic heterocycles. The second kappa shape index (κ2) is 1.89. The molecular formula is C3H5NS2. The van der Waals surface area contributed by atoms with Crippen molar-refractivity contribution in [3.63, 3.8) is 0 Å². The van der Waals surface area contributed by atoms with Gasteiger partial charge in [0.1, 0.15) is 0 Å². The van der Waals surface area contributed by atoms with Crippen LogP contribution in [0, 0.1) is 0 Å². The van der Waals surface area contributed by atoms with E-state index in [1.807, 2.05) is 5.55 Å². The lowest BCUT2D eigenvalue weighted by Gasteiger charge is -1.88. The molecule has 0 aromatic heterocycles. The number of nitrogens with zero attached hydrogens (tertiary/aromatic N) is 1. The first-order valence-electron chi connectivity index (χ1n) is 1.71. The second-order valence-corrected chi connectivity index (χ2v) is 3.09. The van der Waals surface area contributed by atoms with E-state index in [0.717, 1.165) is 6.54 Å². The molecule has 0 amide bonds. The molecule has 0 saturated heterocycles. The first-order chi connectivity index (χ1) is 2.89. The van der Waals surface area contributed by atoms with Crippen molar-refractivity contribution in [3.05, 3.63) is 0 Å². The van der Waals surface area contributed by atoms with Crippen LogP contribution in [0.3, 0.4) is 0 Å². The van der Waals surface area contributed by atoms with Crippen LogP contribution in [0.25, 0.3) is 0 Å². The zero-order valence-corrected chi connectivity index (χ0v) is 4.88. The van der Waals surface area contributed by atoms with E-state index in [1.54, 1.807) is 11.8 Å². The quantitative estimate of drug-likeness (QED) is 0.469. The zero-order valence-electron chi connectivity index (χ0n) is 3.16. The Morgan fingerprint density at radius 2 is 2.83 bits per heavy atom. The van der Waals surface area contributed by atoms with Crippen LogP contribution < -0.4 is 0 Å². The Hall–Kier alpha value is 0.370. The highest BCUT2D eigenvalue weighted by atomic mass is 32.2. The standard InChI is InChI=1S/C3H5NS2/c5-3-1-4-2-6-3/h2-3,5H,1H2. The molecule has 34 valence electrons. The Labute approximate surface area is 46.6 Å². The third-order valence-electron chi connectivity index (χ3n) is 0.554. The summed E-state index contributed by atoms with van der Waals surface area (Å²) in [5.41, 5.74) is 1.84. The van der Waals surface area contributed by atoms with Gasteiger partial charge in [0.2, 0.25) is 0 Å². The predicted octanol–water partition coefficient (Wildman–Crippen LogP) is 1.02. The molecule has 6 heavy (non-hydrogen) atoms. The molecule has 1 atom stereocenters. The summed E-state index contributed by atoms with van der Waals surface area (Å²) in [6, 6.07) is 0. The SMILES string of the molecule is SC1CN=CS1. The highest BCUT2D eigenvalue weighted by molar-refractivity contribution is 8.20. The van der Waals surface area contributed by atoms with Crippen LogP contribution in [0.4, 0.5) is 0 Å². The molecule has 1 unspecified atom stereocenters. The van der Waals surface area contributed by atoms with Crippen LogP contribution in [0.15, 0.2) is 4.99 Å². The summed E-state index contributed by atoms with van der Waals surface area (Å²) in [5, 5.41) is 0. The van der Waals surface area contributed by atoms with Gasteiger partial charge < -0.3 is 0 Å². The van der Waals surface area contributed by atoms with E-state index in [1.165, 1.54) is 0 Å². The monoisotopic (exact) mass is 119 g/mol. The summed E-state index contributed by atoms with van der Waals surface area (Å²) >= 11 is 5.80. The van der Waals surface area contributed by atoms with Gasteiger partial charge in [-0.05, 0) is 0 Å². The molecule has 3 heteroatoms. The number of thioether (sulfide) groups is 1. The Morgan fingerprint density at radius 1 is 2.00 bits per heavy atom. The van der Waals surface area contributed by atoms with Crippen molar-refractivity contribution < 1.29 is 0 Å². The Morgan fingerprint density at radius 3 is 3.00 bits per heavy atom. The summed E-state index contributed by atoms with van der Waals surface area (Å²) in [4.78, 5) is 3.93. The molecule has 0 N–H and O–H groups in total. The van der Waals surface area contributed by atoms with Gasteiger partial charge in [-0.3, -0.25) is 4.99 Å². The van der Waals surface area contributed by atoms with Crippen LogP contribution in [-0.2, 0) is 0 Å². The van der Waals surface area contributed by atoms with Gasteiger partial charge in [0.15, 0.2) is 0 Å². The number of aliphatic imine (C=N–C) groups is 1. The maximum Gasteiger partial charge on any atom is 0.0723 e. The van der Waals surface area contributed by atoms with Crippen LogP contribution in [0.1, 0.15) is 0 Å². The fourth-order valence-corrected chi connectivity index (χ4v) is 1.03. The molecule has 0 fully saturated rings. The molecule has 1 rings (SSSR count). The van der Waals surface area contributed by atoms with Gasteiger partial charge in [-0.25, -0.2) is 0 Å². The van der Waals surface area contributed by atoms with E-state index >= 15 is 0 Å². The van der Waals surface area contributed by atoms with Gasteiger partial charge in [-0.15, -0.1) is 0 Å². The molecule has 1 heterocycles. The predicted molar refractivity (Wildman–Crippen MR) is 33.7 cm³/mol. The van der Waals surface area contributed by atoms with E-state index in [-0.39, 0.29) is 0 Å². The van der Waals surface area contributed by atoms with Crippen LogP contribution in [0.5, 0.6) is 0 Å². The van der Waals surface area contributed by atoms with E-state index in [2.05, 4.69) is 17.6 Å². The Kier molecular flexibility index (Phi) is 1.42. The summed E-state index contributed by atoms with van der Waals surface area (Å²) in [7, 11) is 0.